The molecule has 1 aliphatic heterocycles. The van der Waals surface area contributed by atoms with Gasteiger partial charge >= 0.3 is 0 Å². The predicted molar refractivity (Wildman–Crippen MR) is 121 cm³/mol. The maximum absolute atomic E-state index is 13.2. The molecule has 1 aliphatic rings. The third-order valence-corrected chi connectivity index (χ3v) is 5.60. The lowest BCUT2D eigenvalue weighted by Gasteiger charge is -2.32. The van der Waals surface area contributed by atoms with E-state index < -0.39 is 0 Å². The van der Waals surface area contributed by atoms with Crippen LogP contribution < -0.4 is 10.1 Å². The Morgan fingerprint density at radius 1 is 0.839 bits per heavy atom. The zero-order valence-electron chi connectivity index (χ0n) is 17.6. The van der Waals surface area contributed by atoms with Gasteiger partial charge in [-0.1, -0.05) is 48.5 Å². The Morgan fingerprint density at radius 2 is 1.45 bits per heavy atom. The van der Waals surface area contributed by atoms with Gasteiger partial charge in [-0.2, -0.15) is 0 Å². The molecule has 158 valence electrons. The van der Waals surface area contributed by atoms with Crippen LogP contribution in [0, 0.1) is 6.92 Å². The molecule has 0 atom stereocenters. The van der Waals surface area contributed by atoms with Crippen LogP contribution in [-0.2, 0) is 0 Å². The molecule has 0 aliphatic carbocycles. The molecule has 0 unspecified atom stereocenters. The number of carbonyl (C=O) groups excluding carboxylic acids is 2. The highest BCUT2D eigenvalue weighted by molar-refractivity contribution is 5.97. The van der Waals surface area contributed by atoms with Crippen molar-refractivity contribution >= 4 is 11.8 Å². The molecule has 5 heteroatoms. The van der Waals surface area contributed by atoms with Gasteiger partial charge in [-0.15, -0.1) is 0 Å². The number of piperidine rings is 1. The molecule has 1 heterocycles. The molecule has 31 heavy (non-hydrogen) atoms. The lowest BCUT2D eigenvalue weighted by molar-refractivity contribution is 0.0695. The number of rotatable bonds is 5. The predicted octanol–water partition coefficient (Wildman–Crippen LogP) is 4.82. The number of carbonyl (C=O) groups is 2. The fourth-order valence-corrected chi connectivity index (χ4v) is 3.84. The summed E-state index contributed by atoms with van der Waals surface area (Å²) in [5.74, 6) is 1.15. The van der Waals surface area contributed by atoms with Gasteiger partial charge in [0.1, 0.15) is 11.5 Å². The number of ether oxygens (including phenoxy) is 1. The van der Waals surface area contributed by atoms with Crippen LogP contribution in [0.15, 0.2) is 78.9 Å². The maximum atomic E-state index is 13.2. The SMILES string of the molecule is Cc1ccccc1C(=O)NC1CCN(C(=O)c2ccccc2Oc2ccccc2)CC1. The monoisotopic (exact) mass is 414 g/mol. The molecule has 1 N–H and O–H groups in total. The maximum Gasteiger partial charge on any atom is 0.257 e. The normalized spacial score (nSPS) is 14.2. The van der Waals surface area contributed by atoms with Crippen molar-refractivity contribution in [2.24, 2.45) is 0 Å². The first-order chi connectivity index (χ1) is 15.1. The summed E-state index contributed by atoms with van der Waals surface area (Å²) in [6.45, 7) is 3.12. The smallest absolute Gasteiger partial charge is 0.257 e. The second-order valence-electron chi connectivity index (χ2n) is 7.77. The van der Waals surface area contributed by atoms with E-state index >= 15 is 0 Å². The van der Waals surface area contributed by atoms with Gasteiger partial charge in [0.15, 0.2) is 0 Å². The molecule has 1 fully saturated rings. The van der Waals surface area contributed by atoms with Gasteiger partial charge in [-0.25, -0.2) is 0 Å². The molecule has 3 aromatic rings. The largest absolute Gasteiger partial charge is 0.457 e. The van der Waals surface area contributed by atoms with Crippen LogP contribution >= 0.6 is 0 Å². The van der Waals surface area contributed by atoms with E-state index in [0.29, 0.717) is 35.7 Å². The minimum atomic E-state index is -0.0514. The van der Waals surface area contributed by atoms with Crippen LogP contribution in [0.1, 0.15) is 39.1 Å². The minimum absolute atomic E-state index is 0.0461. The zero-order valence-corrected chi connectivity index (χ0v) is 17.6. The third kappa shape index (κ3) is 4.94. The minimum Gasteiger partial charge on any atom is -0.457 e. The highest BCUT2D eigenvalue weighted by Crippen LogP contribution is 2.27. The molecular weight excluding hydrogens is 388 g/mol. The molecular formula is C26H26N2O3. The molecule has 0 bridgehead atoms. The van der Waals surface area contributed by atoms with E-state index in [1.165, 1.54) is 0 Å². The van der Waals surface area contributed by atoms with E-state index in [-0.39, 0.29) is 17.9 Å². The fourth-order valence-electron chi connectivity index (χ4n) is 3.84. The van der Waals surface area contributed by atoms with Gasteiger partial charge in [0.05, 0.1) is 5.56 Å². The molecule has 0 saturated carbocycles. The summed E-state index contributed by atoms with van der Waals surface area (Å²) < 4.78 is 5.95. The summed E-state index contributed by atoms with van der Waals surface area (Å²) in [5, 5.41) is 3.12. The number of nitrogens with zero attached hydrogens (tertiary/aromatic N) is 1. The first-order valence-corrected chi connectivity index (χ1v) is 10.6. The number of benzene rings is 3. The van der Waals surface area contributed by atoms with Crippen LogP contribution in [0.2, 0.25) is 0 Å². The van der Waals surface area contributed by atoms with Gasteiger partial charge in [-0.3, -0.25) is 9.59 Å². The van der Waals surface area contributed by atoms with E-state index in [9.17, 15) is 9.59 Å². The molecule has 5 nitrogen and oxygen atoms in total. The number of amides is 2. The van der Waals surface area contributed by atoms with Crippen molar-refractivity contribution in [3.05, 3.63) is 95.6 Å². The Kier molecular flexibility index (Phi) is 6.32. The van der Waals surface area contributed by atoms with E-state index in [2.05, 4.69) is 5.32 Å². The highest BCUT2D eigenvalue weighted by atomic mass is 16.5. The summed E-state index contributed by atoms with van der Waals surface area (Å²) in [5.41, 5.74) is 2.21. The van der Waals surface area contributed by atoms with Crippen molar-refractivity contribution in [3.63, 3.8) is 0 Å². The molecule has 1 saturated heterocycles. The lowest BCUT2D eigenvalue weighted by atomic mass is 10.0. The average molecular weight is 415 g/mol. The van der Waals surface area contributed by atoms with Crippen LogP contribution in [0.4, 0.5) is 0 Å². The van der Waals surface area contributed by atoms with Gasteiger partial charge in [0.2, 0.25) is 0 Å². The molecule has 0 aromatic heterocycles. The van der Waals surface area contributed by atoms with Crippen LogP contribution in [0.25, 0.3) is 0 Å². The van der Waals surface area contributed by atoms with Gasteiger partial charge < -0.3 is 15.0 Å². The number of likely N-dealkylation sites (tertiary alicyclic amines) is 1. The summed E-state index contributed by atoms with van der Waals surface area (Å²) in [7, 11) is 0. The van der Waals surface area contributed by atoms with E-state index in [4.69, 9.17) is 4.74 Å². The first-order valence-electron chi connectivity index (χ1n) is 10.6. The Hall–Kier alpha value is -3.60. The van der Waals surface area contributed by atoms with Crippen molar-refractivity contribution in [3.8, 4) is 11.5 Å². The summed E-state index contributed by atoms with van der Waals surface area (Å²) in [4.78, 5) is 27.6. The molecule has 2 amide bonds. The quantitative estimate of drug-likeness (QED) is 0.651. The van der Waals surface area contributed by atoms with Crippen molar-refractivity contribution in [1.29, 1.82) is 0 Å². The zero-order chi connectivity index (χ0) is 21.6. The second kappa shape index (κ2) is 9.47. The first kappa shape index (κ1) is 20.7. The number of hydrogen-bond donors (Lipinski definition) is 1. The molecule has 3 aromatic carbocycles. The molecule has 0 radical (unpaired) electrons. The lowest BCUT2D eigenvalue weighted by Crippen LogP contribution is -2.46. The number of para-hydroxylation sites is 2. The van der Waals surface area contributed by atoms with Crippen molar-refractivity contribution in [2.75, 3.05) is 13.1 Å². The average Bonchev–Trinajstić information content (AvgIpc) is 2.80. The summed E-state index contributed by atoms with van der Waals surface area (Å²) in [6.07, 6.45) is 1.45. The Balaban J connectivity index is 1.38. The number of nitrogens with one attached hydrogen (secondary N) is 1. The Bertz CT molecular complexity index is 1060. The van der Waals surface area contributed by atoms with Gasteiger partial charge in [0, 0.05) is 24.7 Å². The Labute approximate surface area is 182 Å². The summed E-state index contributed by atoms with van der Waals surface area (Å²) in [6, 6.07) is 24.4. The molecule has 4 rings (SSSR count). The van der Waals surface area contributed by atoms with Crippen molar-refractivity contribution in [1.82, 2.24) is 10.2 Å². The van der Waals surface area contributed by atoms with E-state index in [0.717, 1.165) is 18.4 Å². The van der Waals surface area contributed by atoms with Gasteiger partial charge in [-0.05, 0) is 55.7 Å². The van der Waals surface area contributed by atoms with Crippen LogP contribution in [0.5, 0.6) is 11.5 Å². The van der Waals surface area contributed by atoms with E-state index in [1.54, 1.807) is 6.07 Å². The molecule has 0 spiro atoms. The second-order valence-corrected chi connectivity index (χ2v) is 7.77. The number of aryl methyl sites for hydroxylation is 1. The third-order valence-electron chi connectivity index (χ3n) is 5.60. The van der Waals surface area contributed by atoms with Gasteiger partial charge in [0.25, 0.3) is 11.8 Å². The number of hydrogen-bond acceptors (Lipinski definition) is 3. The standard InChI is InChI=1S/C26H26N2O3/c1-19-9-5-6-12-22(19)25(29)27-20-15-17-28(18-16-20)26(30)23-13-7-8-14-24(23)31-21-10-3-2-4-11-21/h2-14,20H,15-18H2,1H3,(H,27,29). The van der Waals surface area contributed by atoms with E-state index in [1.807, 2.05) is 84.6 Å². The highest BCUT2D eigenvalue weighted by Gasteiger charge is 2.26. The summed E-state index contributed by atoms with van der Waals surface area (Å²) >= 11 is 0. The van der Waals surface area contributed by atoms with Crippen LogP contribution in [-0.4, -0.2) is 35.8 Å². The fraction of sp³-hybridized carbons (Fsp3) is 0.231. The Morgan fingerprint density at radius 3 is 2.16 bits per heavy atom. The topological polar surface area (TPSA) is 58.6 Å². The van der Waals surface area contributed by atoms with Crippen molar-refractivity contribution in [2.45, 2.75) is 25.8 Å². The van der Waals surface area contributed by atoms with Crippen LogP contribution in [0.3, 0.4) is 0 Å². The van der Waals surface area contributed by atoms with Crippen molar-refractivity contribution < 1.29 is 14.3 Å².